The Balaban J connectivity index is 1.13. The van der Waals surface area contributed by atoms with E-state index in [0.29, 0.717) is 45.8 Å². The first-order valence-corrected chi connectivity index (χ1v) is 18.2. The molecule has 0 radical (unpaired) electrons. The number of aromatic nitrogens is 2. The number of aromatic hydroxyl groups is 1. The van der Waals surface area contributed by atoms with Gasteiger partial charge in [0.25, 0.3) is 11.5 Å². The smallest absolute Gasteiger partial charge is 0.481 e. The van der Waals surface area contributed by atoms with Crippen molar-refractivity contribution in [2.24, 2.45) is 23.2 Å². The van der Waals surface area contributed by atoms with Crippen LogP contribution in [-0.4, -0.2) is 57.9 Å². The fourth-order valence-electron chi connectivity index (χ4n) is 8.77. The number of phenolic OH excluding ortho intramolecular Hbond substituents is 1. The molecule has 52 heavy (non-hydrogen) atoms. The number of fused-ring (bicyclic) bond motifs is 1. The maximum Gasteiger partial charge on any atom is 0.481 e. The van der Waals surface area contributed by atoms with Crippen molar-refractivity contribution in [3.63, 3.8) is 0 Å². The Morgan fingerprint density at radius 2 is 1.73 bits per heavy atom. The number of carbonyl (C=O) groups excluding carboxylic acids is 2. The van der Waals surface area contributed by atoms with Crippen molar-refractivity contribution in [2.45, 2.75) is 90.4 Å². The van der Waals surface area contributed by atoms with Gasteiger partial charge in [-0.05, 0) is 90.8 Å². The second-order valence-electron chi connectivity index (χ2n) is 16.0. The van der Waals surface area contributed by atoms with Gasteiger partial charge < -0.3 is 25.0 Å². The predicted molar refractivity (Wildman–Crippen MR) is 196 cm³/mol. The molecule has 12 heteroatoms. The van der Waals surface area contributed by atoms with Crippen LogP contribution in [0.3, 0.4) is 0 Å². The minimum atomic E-state index is -1.09. The van der Waals surface area contributed by atoms with Gasteiger partial charge in [-0.2, -0.15) is 5.10 Å². The lowest BCUT2D eigenvalue weighted by molar-refractivity contribution is -0.199. The molecule has 10 nitrogen and oxygen atoms in total. The summed E-state index contributed by atoms with van der Waals surface area (Å²) >= 11 is 0. The zero-order chi connectivity index (χ0) is 36.9. The highest BCUT2D eigenvalue weighted by Gasteiger charge is 2.68. The fourth-order valence-corrected chi connectivity index (χ4v) is 8.77. The number of benzene rings is 3. The molecule has 2 heterocycles. The minimum absolute atomic E-state index is 0.0621. The van der Waals surface area contributed by atoms with Gasteiger partial charge >= 0.3 is 7.12 Å². The van der Waals surface area contributed by atoms with E-state index < -0.39 is 42.3 Å². The SMILES string of the molecule is CC(C)C[C@H](NC(=O)[C@H](Cc1ccc(O)cc1)NC(=O)c1cc(Cc2n[nH]c(=O)c3ccccc23)ccc1F)B1O[C@@H]2C[C@@H]3C[C@@H](C3(C)C)[C@]2(C)O1. The van der Waals surface area contributed by atoms with Gasteiger partial charge in [-0.3, -0.25) is 14.4 Å². The number of nitrogens with zero attached hydrogens (tertiary/aromatic N) is 1. The van der Waals surface area contributed by atoms with Crippen molar-refractivity contribution in [3.8, 4) is 5.75 Å². The van der Waals surface area contributed by atoms with E-state index in [1.807, 2.05) is 6.07 Å². The summed E-state index contributed by atoms with van der Waals surface area (Å²) in [6.45, 7) is 10.9. The lowest BCUT2D eigenvalue weighted by Crippen LogP contribution is -2.65. The Morgan fingerprint density at radius 3 is 2.44 bits per heavy atom. The van der Waals surface area contributed by atoms with E-state index in [1.165, 1.54) is 24.3 Å². The van der Waals surface area contributed by atoms with Gasteiger partial charge in [-0.25, -0.2) is 9.49 Å². The molecule has 4 aliphatic rings. The first kappa shape index (κ1) is 35.8. The van der Waals surface area contributed by atoms with Crippen LogP contribution in [0.5, 0.6) is 5.75 Å². The van der Waals surface area contributed by atoms with Crippen LogP contribution < -0.4 is 16.2 Å². The summed E-state index contributed by atoms with van der Waals surface area (Å²) < 4.78 is 28.7. The average Bonchev–Trinajstić information content (AvgIpc) is 3.48. The van der Waals surface area contributed by atoms with Gasteiger partial charge in [-0.1, -0.05) is 64.1 Å². The van der Waals surface area contributed by atoms with Gasteiger partial charge in [0.05, 0.1) is 34.3 Å². The Hall–Kier alpha value is -4.55. The average molecular weight is 709 g/mol. The number of phenols is 1. The Morgan fingerprint density at radius 1 is 1.02 bits per heavy atom. The quantitative estimate of drug-likeness (QED) is 0.151. The number of hydrogen-bond acceptors (Lipinski definition) is 7. The van der Waals surface area contributed by atoms with Crippen LogP contribution in [0.1, 0.15) is 81.1 Å². The molecule has 1 aliphatic heterocycles. The zero-order valence-corrected chi connectivity index (χ0v) is 30.2. The molecular weight excluding hydrogens is 662 g/mol. The molecule has 1 aromatic heterocycles. The molecular formula is C40H46BFN4O6. The van der Waals surface area contributed by atoms with Gasteiger partial charge in [0.1, 0.15) is 17.6 Å². The predicted octanol–water partition coefficient (Wildman–Crippen LogP) is 5.50. The van der Waals surface area contributed by atoms with E-state index >= 15 is 4.39 Å². The molecule has 4 N–H and O–H groups in total. The van der Waals surface area contributed by atoms with E-state index in [9.17, 15) is 19.5 Å². The number of hydrogen-bond donors (Lipinski definition) is 4. The van der Waals surface area contributed by atoms with Crippen LogP contribution >= 0.6 is 0 Å². The lowest BCUT2D eigenvalue weighted by Gasteiger charge is -2.64. The highest BCUT2D eigenvalue weighted by atomic mass is 19.1. The van der Waals surface area contributed by atoms with Crippen molar-refractivity contribution >= 4 is 29.7 Å². The van der Waals surface area contributed by atoms with E-state index in [0.717, 1.165) is 12.8 Å². The molecule has 4 fully saturated rings. The summed E-state index contributed by atoms with van der Waals surface area (Å²) in [4.78, 5) is 40.4. The van der Waals surface area contributed by atoms with Crippen molar-refractivity contribution in [1.82, 2.24) is 20.8 Å². The van der Waals surface area contributed by atoms with Gasteiger partial charge in [0, 0.05) is 18.2 Å². The highest BCUT2D eigenvalue weighted by Crippen LogP contribution is 2.65. The van der Waals surface area contributed by atoms with Crippen molar-refractivity contribution in [1.29, 1.82) is 0 Å². The number of halogens is 1. The highest BCUT2D eigenvalue weighted by molar-refractivity contribution is 6.48. The third kappa shape index (κ3) is 6.74. The molecule has 2 bridgehead atoms. The standard InChI is InChI=1S/C40H46BFN4O6/c1-22(2)16-35(41-51-34-21-25-20-33(39(25,3)4)40(34,5)52-41)44-38(50)32(18-23-10-13-26(47)14-11-23)43-36(48)29-17-24(12-15-30(29)42)19-31-27-8-6-7-9-28(27)37(49)46-45-31/h6-15,17,22,25,32-35,47H,16,18-21H2,1-5H3,(H,43,48)(H,44,50)(H,46,49)/t25-,32-,33-,34+,35-,40-/m0/s1. The van der Waals surface area contributed by atoms with Crippen LogP contribution in [0.4, 0.5) is 4.39 Å². The third-order valence-electron chi connectivity index (χ3n) is 11.8. The summed E-state index contributed by atoms with van der Waals surface area (Å²) in [5, 5.41) is 23.7. The van der Waals surface area contributed by atoms with E-state index in [4.69, 9.17) is 9.31 Å². The van der Waals surface area contributed by atoms with Crippen LogP contribution in [0, 0.1) is 29.0 Å². The Labute approximate surface area is 303 Å². The molecule has 4 aromatic rings. The second-order valence-corrected chi connectivity index (χ2v) is 16.0. The molecule has 0 spiro atoms. The fraction of sp³-hybridized carbons (Fsp3) is 0.450. The zero-order valence-electron chi connectivity index (χ0n) is 30.2. The topological polar surface area (TPSA) is 143 Å². The van der Waals surface area contributed by atoms with Crippen LogP contribution in [0.25, 0.3) is 10.8 Å². The second kappa shape index (κ2) is 13.8. The third-order valence-corrected chi connectivity index (χ3v) is 11.8. The van der Waals surface area contributed by atoms with Crippen molar-refractivity contribution in [2.75, 3.05) is 0 Å². The first-order chi connectivity index (χ1) is 24.7. The van der Waals surface area contributed by atoms with Crippen LogP contribution in [0.15, 0.2) is 71.5 Å². The number of carbonyl (C=O) groups is 2. The number of amides is 2. The molecule has 3 aliphatic carbocycles. The molecule has 0 unspecified atom stereocenters. The van der Waals surface area contributed by atoms with Crippen molar-refractivity contribution in [3.05, 3.63) is 105 Å². The van der Waals surface area contributed by atoms with E-state index in [-0.39, 0.29) is 47.2 Å². The molecule has 3 saturated carbocycles. The summed E-state index contributed by atoms with van der Waals surface area (Å²) in [5.74, 6) is -1.24. The Bertz CT molecular complexity index is 2050. The number of aromatic amines is 1. The largest absolute Gasteiger partial charge is 0.508 e. The molecule has 1 saturated heterocycles. The summed E-state index contributed by atoms with van der Waals surface area (Å²) in [6, 6.07) is 16.6. The number of H-pyrrole nitrogens is 1. The molecule has 6 atom stereocenters. The van der Waals surface area contributed by atoms with Crippen LogP contribution in [0.2, 0.25) is 0 Å². The lowest BCUT2D eigenvalue weighted by atomic mass is 9.43. The van der Waals surface area contributed by atoms with Gasteiger partial charge in [-0.15, -0.1) is 0 Å². The summed E-state index contributed by atoms with van der Waals surface area (Å²) in [5.41, 5.74) is 1.02. The summed E-state index contributed by atoms with van der Waals surface area (Å²) in [6.07, 6.45) is 2.86. The molecule has 8 rings (SSSR count). The van der Waals surface area contributed by atoms with Gasteiger partial charge in [0.15, 0.2) is 0 Å². The minimum Gasteiger partial charge on any atom is -0.508 e. The maximum atomic E-state index is 15.3. The molecule has 3 aromatic carbocycles. The van der Waals surface area contributed by atoms with E-state index in [1.54, 1.807) is 36.4 Å². The monoisotopic (exact) mass is 708 g/mol. The maximum absolute atomic E-state index is 15.3. The molecule has 2 amide bonds. The normalized spacial score (nSPS) is 24.2. The molecule has 272 valence electrons. The van der Waals surface area contributed by atoms with E-state index in [2.05, 4.69) is 55.4 Å². The number of nitrogens with one attached hydrogen (secondary N) is 3. The Kier molecular flexibility index (Phi) is 9.50. The van der Waals surface area contributed by atoms with Crippen molar-refractivity contribution < 1.29 is 28.4 Å². The summed E-state index contributed by atoms with van der Waals surface area (Å²) in [7, 11) is -0.659. The first-order valence-electron chi connectivity index (χ1n) is 18.2. The number of rotatable bonds is 11. The van der Waals surface area contributed by atoms with Crippen LogP contribution in [-0.2, 0) is 26.9 Å². The van der Waals surface area contributed by atoms with Gasteiger partial charge in [0.2, 0.25) is 5.91 Å².